The van der Waals surface area contributed by atoms with Crippen LogP contribution >= 0.6 is 12.4 Å². The van der Waals surface area contributed by atoms with Crippen LogP contribution in [-0.2, 0) is 26.4 Å². The number of aromatic nitrogens is 2. The fourth-order valence-electron chi connectivity index (χ4n) is 5.04. The second-order valence-corrected chi connectivity index (χ2v) is 9.22. The Hall–Kier alpha value is -2.77. The molecule has 0 unspecified atom stereocenters. The summed E-state index contributed by atoms with van der Waals surface area (Å²) >= 11 is 0. The summed E-state index contributed by atoms with van der Waals surface area (Å²) in [7, 11) is 2.08. The number of halogens is 1. The minimum Gasteiger partial charge on any atom is -0.506 e. The van der Waals surface area contributed by atoms with Gasteiger partial charge in [-0.15, -0.1) is 12.4 Å². The summed E-state index contributed by atoms with van der Waals surface area (Å²) in [6, 6.07) is 6.38. The van der Waals surface area contributed by atoms with Crippen molar-refractivity contribution in [1.29, 1.82) is 0 Å². The van der Waals surface area contributed by atoms with Crippen molar-refractivity contribution in [2.24, 2.45) is 7.05 Å². The molecule has 5 rings (SSSR count). The van der Waals surface area contributed by atoms with E-state index in [9.17, 15) is 19.8 Å². The van der Waals surface area contributed by atoms with Gasteiger partial charge in [0.15, 0.2) is 5.56 Å². The van der Waals surface area contributed by atoms with Gasteiger partial charge in [-0.25, -0.2) is 4.79 Å². The first-order valence-corrected chi connectivity index (χ1v) is 10.9. The number of nitrogens with zero attached hydrogens (tertiary/aromatic N) is 1. The number of aryl methyl sites for hydroxylation is 2. The smallest absolute Gasteiger partial charge is 0.345 e. The molecule has 0 spiro atoms. The van der Waals surface area contributed by atoms with E-state index in [1.807, 2.05) is 0 Å². The third kappa shape index (κ3) is 3.49. The summed E-state index contributed by atoms with van der Waals surface area (Å²) in [6.45, 7) is 3.06. The Labute approximate surface area is 191 Å². The van der Waals surface area contributed by atoms with Gasteiger partial charge >= 0.3 is 5.97 Å². The molecule has 8 heteroatoms. The van der Waals surface area contributed by atoms with Crippen LogP contribution < -0.4 is 10.9 Å². The fourth-order valence-corrected chi connectivity index (χ4v) is 5.04. The monoisotopic (exact) mass is 457 g/mol. The summed E-state index contributed by atoms with van der Waals surface area (Å²) in [6.07, 6.45) is 5.76. The lowest BCUT2D eigenvalue weighted by Crippen LogP contribution is -2.47. The lowest BCUT2D eigenvalue weighted by Gasteiger charge is -2.39. The summed E-state index contributed by atoms with van der Waals surface area (Å²) in [5.74, 6) is -1.83. The van der Waals surface area contributed by atoms with E-state index < -0.39 is 22.8 Å². The van der Waals surface area contributed by atoms with Crippen LogP contribution in [0.3, 0.4) is 0 Å². The summed E-state index contributed by atoms with van der Waals surface area (Å²) in [5, 5.41) is 24.6. The molecule has 32 heavy (non-hydrogen) atoms. The van der Waals surface area contributed by atoms with Crippen LogP contribution in [0.25, 0.3) is 22.2 Å². The van der Waals surface area contributed by atoms with Gasteiger partial charge in [0.2, 0.25) is 0 Å². The summed E-state index contributed by atoms with van der Waals surface area (Å²) < 4.78 is 2.21. The van der Waals surface area contributed by atoms with E-state index in [1.54, 1.807) is 0 Å². The summed E-state index contributed by atoms with van der Waals surface area (Å²) in [5.41, 5.74) is 4.19. The zero-order valence-electron chi connectivity index (χ0n) is 18.2. The second-order valence-electron chi connectivity index (χ2n) is 9.22. The molecule has 0 aliphatic heterocycles. The Morgan fingerprint density at radius 3 is 2.62 bits per heavy atom. The highest BCUT2D eigenvalue weighted by Crippen LogP contribution is 2.38. The maximum atomic E-state index is 12.4. The number of aromatic carboxylic acids is 1. The van der Waals surface area contributed by atoms with Crippen LogP contribution in [-0.4, -0.2) is 31.3 Å². The lowest BCUT2D eigenvalue weighted by molar-refractivity contribution is 0.0691. The van der Waals surface area contributed by atoms with Crippen LogP contribution in [0.5, 0.6) is 5.75 Å². The Balaban J connectivity index is 0.00000245. The van der Waals surface area contributed by atoms with Crippen molar-refractivity contribution in [2.45, 2.75) is 57.5 Å². The second kappa shape index (κ2) is 7.98. The highest BCUT2D eigenvalue weighted by atomic mass is 35.5. The first-order chi connectivity index (χ1) is 14.8. The topological polar surface area (TPSA) is 107 Å². The molecule has 4 N–H and O–H groups in total. The number of hydrogen-bond donors (Lipinski definition) is 4. The average molecular weight is 458 g/mol. The Bertz CT molecular complexity index is 1290. The number of nitrogens with one attached hydrogen (secondary N) is 2. The van der Waals surface area contributed by atoms with E-state index >= 15 is 0 Å². The highest BCUT2D eigenvalue weighted by molar-refractivity contribution is 5.93. The number of hydrogen-bond acceptors (Lipinski definition) is 4. The molecule has 2 heterocycles. The molecule has 0 amide bonds. The van der Waals surface area contributed by atoms with Crippen LogP contribution in [0.1, 0.15) is 59.8 Å². The zero-order valence-corrected chi connectivity index (χ0v) is 19.1. The first kappa shape index (κ1) is 22.4. The van der Waals surface area contributed by atoms with Gasteiger partial charge in [0.05, 0.1) is 5.69 Å². The Morgan fingerprint density at radius 1 is 1.22 bits per heavy atom. The molecule has 1 fully saturated rings. The predicted octanol–water partition coefficient (Wildman–Crippen LogP) is 3.88. The van der Waals surface area contributed by atoms with Crippen LogP contribution in [0, 0.1) is 0 Å². The van der Waals surface area contributed by atoms with E-state index in [0.717, 1.165) is 41.4 Å². The van der Waals surface area contributed by atoms with Gasteiger partial charge < -0.3 is 25.1 Å². The Morgan fingerprint density at radius 2 is 1.97 bits per heavy atom. The van der Waals surface area contributed by atoms with Crippen LogP contribution in [0.4, 0.5) is 0 Å². The number of benzene rings is 1. The van der Waals surface area contributed by atoms with Gasteiger partial charge in [-0.3, -0.25) is 4.79 Å². The van der Waals surface area contributed by atoms with E-state index in [0.29, 0.717) is 17.7 Å². The number of carbonyl (C=O) groups is 1. The van der Waals surface area contributed by atoms with Crippen molar-refractivity contribution in [2.75, 3.05) is 0 Å². The molecular formula is C24H28ClN3O4. The number of aromatic amines is 1. The predicted molar refractivity (Wildman–Crippen MR) is 126 cm³/mol. The number of aromatic hydroxyl groups is 1. The molecule has 0 bridgehead atoms. The molecule has 2 aliphatic carbocycles. The van der Waals surface area contributed by atoms with E-state index in [4.69, 9.17) is 0 Å². The molecule has 0 radical (unpaired) electrons. The van der Waals surface area contributed by atoms with Crippen LogP contribution in [0.15, 0.2) is 23.0 Å². The average Bonchev–Trinajstić information content (AvgIpc) is 2.88. The first-order valence-electron chi connectivity index (χ1n) is 10.9. The van der Waals surface area contributed by atoms with Crippen molar-refractivity contribution in [1.82, 2.24) is 14.9 Å². The third-order valence-corrected chi connectivity index (χ3v) is 7.17. The maximum absolute atomic E-state index is 12.4. The molecule has 1 aromatic carbocycles. The van der Waals surface area contributed by atoms with Gasteiger partial charge in [0.1, 0.15) is 5.75 Å². The SMILES string of the molecule is Cl.Cn1c(CNC2(C)CCC2)cc2cc3c(cc21)CCCc1c-3[nH]c(=O)c(C(=O)O)c1O. The number of fused-ring (bicyclic) bond motifs is 4. The number of pyridine rings is 1. The van der Waals surface area contributed by atoms with Gasteiger partial charge in [-0.2, -0.15) is 0 Å². The number of carboxylic acid groups (broad SMARTS) is 1. The number of carboxylic acids is 1. The quantitative estimate of drug-likeness (QED) is 0.475. The molecule has 3 aromatic rings. The standard InChI is InChI=1S/C24H27N3O4.ClH/c1-24(7-4-8-24)25-12-15-9-14-10-17-13(11-18(14)27(15)2)5-3-6-16-20(17)26-22(29)19(21(16)28)23(30)31;/h9-11,25H,3-8,12H2,1-2H3,(H,30,31)(H2,26,28,29);1H. The van der Waals surface area contributed by atoms with E-state index in [-0.39, 0.29) is 17.9 Å². The lowest BCUT2D eigenvalue weighted by atomic mass is 9.78. The summed E-state index contributed by atoms with van der Waals surface area (Å²) in [4.78, 5) is 26.6. The van der Waals surface area contributed by atoms with Crippen molar-refractivity contribution in [3.8, 4) is 17.0 Å². The van der Waals surface area contributed by atoms with Crippen molar-refractivity contribution in [3.05, 3.63) is 50.9 Å². The van der Waals surface area contributed by atoms with Gasteiger partial charge in [-0.1, -0.05) is 0 Å². The maximum Gasteiger partial charge on any atom is 0.345 e. The normalized spacial score (nSPS) is 16.4. The van der Waals surface area contributed by atoms with Crippen molar-refractivity contribution in [3.63, 3.8) is 0 Å². The van der Waals surface area contributed by atoms with Gasteiger partial charge in [0.25, 0.3) is 5.56 Å². The van der Waals surface area contributed by atoms with E-state index in [2.05, 4.69) is 47.0 Å². The molecule has 170 valence electrons. The van der Waals surface area contributed by atoms with E-state index in [1.165, 1.54) is 25.0 Å². The van der Waals surface area contributed by atoms with Crippen LogP contribution in [0.2, 0.25) is 0 Å². The van der Waals surface area contributed by atoms with Crippen molar-refractivity contribution >= 4 is 29.3 Å². The molecule has 1 saturated carbocycles. The molecule has 7 nitrogen and oxygen atoms in total. The number of H-pyrrole nitrogens is 1. The molecule has 2 aromatic heterocycles. The van der Waals surface area contributed by atoms with Gasteiger partial charge in [0, 0.05) is 46.9 Å². The number of rotatable bonds is 4. The zero-order chi connectivity index (χ0) is 21.9. The van der Waals surface area contributed by atoms with Gasteiger partial charge in [-0.05, 0) is 69.2 Å². The highest BCUT2D eigenvalue weighted by Gasteiger charge is 2.31. The molecule has 2 aliphatic rings. The molecule has 0 saturated heterocycles. The Kier molecular flexibility index (Phi) is 5.59. The minimum absolute atomic E-state index is 0. The minimum atomic E-state index is -1.41. The largest absolute Gasteiger partial charge is 0.506 e. The third-order valence-electron chi connectivity index (χ3n) is 7.17. The molecule has 0 atom stereocenters. The fraction of sp³-hybridized carbons (Fsp3) is 0.417. The van der Waals surface area contributed by atoms with Crippen molar-refractivity contribution < 1.29 is 15.0 Å². The molecular weight excluding hydrogens is 430 g/mol.